The SMILES string of the molecule is CCc1cc(I)ccc1NC(=S)NC(=O)c1cccc(C)c1. The number of aryl methyl sites for hydroxylation is 2. The topological polar surface area (TPSA) is 41.1 Å². The summed E-state index contributed by atoms with van der Waals surface area (Å²) in [6, 6.07) is 13.5. The van der Waals surface area contributed by atoms with Crippen LogP contribution in [0.2, 0.25) is 0 Å². The monoisotopic (exact) mass is 424 g/mol. The maximum absolute atomic E-state index is 12.2. The lowest BCUT2D eigenvalue weighted by molar-refractivity contribution is 0.0977. The Morgan fingerprint density at radius 2 is 2.00 bits per heavy atom. The van der Waals surface area contributed by atoms with Crippen molar-refractivity contribution < 1.29 is 4.79 Å². The van der Waals surface area contributed by atoms with E-state index in [-0.39, 0.29) is 5.91 Å². The molecule has 2 rings (SSSR count). The Bertz CT molecular complexity index is 716. The van der Waals surface area contributed by atoms with Crippen LogP contribution in [0.15, 0.2) is 42.5 Å². The number of rotatable bonds is 3. The quantitative estimate of drug-likeness (QED) is 0.571. The van der Waals surface area contributed by atoms with Crippen molar-refractivity contribution in [2.45, 2.75) is 20.3 Å². The molecule has 0 bridgehead atoms. The van der Waals surface area contributed by atoms with Crippen LogP contribution in [0.25, 0.3) is 0 Å². The lowest BCUT2D eigenvalue weighted by Gasteiger charge is -2.13. The van der Waals surface area contributed by atoms with Gasteiger partial charge >= 0.3 is 0 Å². The Kier molecular flexibility index (Phi) is 5.90. The van der Waals surface area contributed by atoms with E-state index < -0.39 is 0 Å². The van der Waals surface area contributed by atoms with Crippen molar-refractivity contribution in [2.24, 2.45) is 0 Å². The van der Waals surface area contributed by atoms with E-state index in [0.29, 0.717) is 10.7 Å². The van der Waals surface area contributed by atoms with Gasteiger partial charge in [0.05, 0.1) is 0 Å². The molecule has 114 valence electrons. The van der Waals surface area contributed by atoms with Crippen molar-refractivity contribution in [2.75, 3.05) is 5.32 Å². The molecule has 0 heterocycles. The lowest BCUT2D eigenvalue weighted by atomic mass is 10.1. The summed E-state index contributed by atoms with van der Waals surface area (Å²) < 4.78 is 1.18. The smallest absolute Gasteiger partial charge is 0.257 e. The molecule has 0 aliphatic rings. The largest absolute Gasteiger partial charge is 0.332 e. The summed E-state index contributed by atoms with van der Waals surface area (Å²) in [5.74, 6) is -0.204. The molecule has 2 aromatic carbocycles. The molecule has 3 nitrogen and oxygen atoms in total. The highest BCUT2D eigenvalue weighted by molar-refractivity contribution is 14.1. The first-order valence-corrected chi connectivity index (χ1v) is 8.45. The molecule has 0 atom stereocenters. The van der Waals surface area contributed by atoms with E-state index in [4.69, 9.17) is 12.2 Å². The fourth-order valence-corrected chi connectivity index (χ4v) is 2.85. The number of amides is 1. The third-order valence-electron chi connectivity index (χ3n) is 3.20. The Labute approximate surface area is 149 Å². The summed E-state index contributed by atoms with van der Waals surface area (Å²) in [5.41, 5.74) is 3.73. The van der Waals surface area contributed by atoms with E-state index in [2.05, 4.69) is 46.2 Å². The molecule has 0 fully saturated rings. The van der Waals surface area contributed by atoms with Gasteiger partial charge in [0, 0.05) is 14.8 Å². The minimum absolute atomic E-state index is 0.204. The average molecular weight is 424 g/mol. The molecular formula is C17H17IN2OS. The number of benzene rings is 2. The highest BCUT2D eigenvalue weighted by Gasteiger charge is 2.09. The molecule has 0 saturated heterocycles. The van der Waals surface area contributed by atoms with Gasteiger partial charge in [-0.3, -0.25) is 10.1 Å². The summed E-state index contributed by atoms with van der Waals surface area (Å²) >= 11 is 7.52. The predicted molar refractivity (Wildman–Crippen MR) is 103 cm³/mol. The average Bonchev–Trinajstić information content (AvgIpc) is 2.49. The van der Waals surface area contributed by atoms with Crippen molar-refractivity contribution >= 4 is 51.5 Å². The molecule has 0 unspecified atom stereocenters. The summed E-state index contributed by atoms with van der Waals surface area (Å²) in [6.45, 7) is 4.04. The standard InChI is InChI=1S/C17H17IN2OS/c1-3-12-10-14(18)7-8-15(12)19-17(22)20-16(21)13-6-4-5-11(2)9-13/h4-10H,3H2,1-2H3,(H2,19,20,21,22). The van der Waals surface area contributed by atoms with Crippen molar-refractivity contribution in [1.82, 2.24) is 5.32 Å². The third-order valence-corrected chi connectivity index (χ3v) is 4.08. The van der Waals surface area contributed by atoms with Crippen molar-refractivity contribution in [3.63, 3.8) is 0 Å². The van der Waals surface area contributed by atoms with Crippen molar-refractivity contribution in [1.29, 1.82) is 0 Å². The van der Waals surface area contributed by atoms with Crippen LogP contribution < -0.4 is 10.6 Å². The Balaban J connectivity index is 2.06. The molecule has 2 aromatic rings. The first-order chi connectivity index (χ1) is 10.5. The lowest BCUT2D eigenvalue weighted by Crippen LogP contribution is -2.34. The number of thiocarbonyl (C=S) groups is 1. The van der Waals surface area contributed by atoms with Crippen molar-refractivity contribution in [3.8, 4) is 0 Å². The van der Waals surface area contributed by atoms with E-state index in [1.165, 1.54) is 9.13 Å². The Hall–Kier alpha value is -1.47. The second kappa shape index (κ2) is 7.69. The maximum atomic E-state index is 12.2. The number of hydrogen-bond acceptors (Lipinski definition) is 2. The first-order valence-electron chi connectivity index (χ1n) is 6.97. The van der Waals surface area contributed by atoms with Gasteiger partial charge in [0.25, 0.3) is 5.91 Å². The zero-order chi connectivity index (χ0) is 16.1. The van der Waals surface area contributed by atoms with E-state index in [9.17, 15) is 4.79 Å². The number of halogens is 1. The summed E-state index contributed by atoms with van der Waals surface area (Å²) in [6.07, 6.45) is 0.896. The van der Waals surface area contributed by atoms with Gasteiger partial charge in [-0.05, 0) is 84.0 Å². The molecule has 2 N–H and O–H groups in total. The predicted octanol–water partition coefficient (Wildman–Crippen LogP) is 4.29. The van der Waals surface area contributed by atoms with Crippen molar-refractivity contribution in [3.05, 3.63) is 62.7 Å². The number of carbonyl (C=O) groups excluding carboxylic acids is 1. The highest BCUT2D eigenvalue weighted by Crippen LogP contribution is 2.19. The maximum Gasteiger partial charge on any atom is 0.257 e. The van der Waals surface area contributed by atoms with Crippen LogP contribution in [0.4, 0.5) is 5.69 Å². The fraction of sp³-hybridized carbons (Fsp3) is 0.176. The second-order valence-electron chi connectivity index (χ2n) is 4.93. The Morgan fingerprint density at radius 1 is 1.23 bits per heavy atom. The van der Waals surface area contributed by atoms with Gasteiger partial charge < -0.3 is 5.32 Å². The molecule has 22 heavy (non-hydrogen) atoms. The summed E-state index contributed by atoms with van der Waals surface area (Å²) in [7, 11) is 0. The minimum Gasteiger partial charge on any atom is -0.332 e. The fourth-order valence-electron chi connectivity index (χ4n) is 2.09. The molecule has 0 aliphatic carbocycles. The van der Waals surface area contributed by atoms with Gasteiger partial charge in [0.1, 0.15) is 0 Å². The Morgan fingerprint density at radius 3 is 2.68 bits per heavy atom. The second-order valence-corrected chi connectivity index (χ2v) is 6.59. The van der Waals surface area contributed by atoms with Gasteiger partial charge in [-0.15, -0.1) is 0 Å². The van der Waals surface area contributed by atoms with Crippen LogP contribution in [-0.2, 0) is 6.42 Å². The van der Waals surface area contributed by atoms with Gasteiger partial charge in [-0.25, -0.2) is 0 Å². The highest BCUT2D eigenvalue weighted by atomic mass is 127. The molecule has 1 amide bonds. The molecule has 0 aliphatic heterocycles. The summed E-state index contributed by atoms with van der Waals surface area (Å²) in [5, 5.41) is 6.13. The normalized spacial score (nSPS) is 10.1. The van der Waals surface area contributed by atoms with E-state index >= 15 is 0 Å². The zero-order valence-corrected chi connectivity index (χ0v) is 15.4. The van der Waals surface area contributed by atoms with Crippen LogP contribution in [0, 0.1) is 10.5 Å². The van der Waals surface area contributed by atoms with Crippen LogP contribution in [0.1, 0.15) is 28.4 Å². The molecule has 5 heteroatoms. The first kappa shape index (κ1) is 16.9. The van der Waals surface area contributed by atoms with Gasteiger partial charge in [0.2, 0.25) is 0 Å². The molecular weight excluding hydrogens is 407 g/mol. The number of carbonyl (C=O) groups is 1. The van der Waals surface area contributed by atoms with Crippen LogP contribution in [0.5, 0.6) is 0 Å². The zero-order valence-electron chi connectivity index (χ0n) is 12.4. The van der Waals surface area contributed by atoms with Gasteiger partial charge in [-0.1, -0.05) is 24.6 Å². The molecule has 0 saturated carbocycles. The van der Waals surface area contributed by atoms with E-state index in [1.807, 2.05) is 37.3 Å². The number of nitrogens with one attached hydrogen (secondary N) is 2. The van der Waals surface area contributed by atoms with Crippen LogP contribution >= 0.6 is 34.8 Å². The van der Waals surface area contributed by atoms with Gasteiger partial charge in [0.15, 0.2) is 5.11 Å². The van der Waals surface area contributed by atoms with E-state index in [0.717, 1.165) is 17.7 Å². The number of hydrogen-bond donors (Lipinski definition) is 2. The minimum atomic E-state index is -0.204. The van der Waals surface area contributed by atoms with Crippen LogP contribution in [0.3, 0.4) is 0 Å². The summed E-state index contributed by atoms with van der Waals surface area (Å²) in [4.78, 5) is 12.2. The molecule has 0 radical (unpaired) electrons. The van der Waals surface area contributed by atoms with E-state index in [1.54, 1.807) is 6.07 Å². The molecule has 0 spiro atoms. The third kappa shape index (κ3) is 4.51. The van der Waals surface area contributed by atoms with Gasteiger partial charge in [-0.2, -0.15) is 0 Å². The number of anilines is 1. The molecule has 0 aromatic heterocycles. The van der Waals surface area contributed by atoms with Crippen LogP contribution in [-0.4, -0.2) is 11.0 Å².